The minimum atomic E-state index is -0.0135. The van der Waals surface area contributed by atoms with Crippen LogP contribution in [0.3, 0.4) is 0 Å². The number of guanidine groups is 1. The summed E-state index contributed by atoms with van der Waals surface area (Å²) >= 11 is 1.45. The first-order chi connectivity index (χ1) is 12.8. The number of ether oxygens (including phenoxy) is 1. The number of para-hydroxylation sites is 1. The van der Waals surface area contributed by atoms with Gasteiger partial charge in [-0.1, -0.05) is 24.3 Å². The Morgan fingerprint density at radius 2 is 2.04 bits per heavy atom. The predicted octanol–water partition coefficient (Wildman–Crippen LogP) is 2.04. The Labute approximate surface area is 157 Å². The van der Waals surface area contributed by atoms with Crippen molar-refractivity contribution in [3.8, 4) is 5.75 Å². The van der Waals surface area contributed by atoms with Gasteiger partial charge in [0.1, 0.15) is 11.9 Å². The number of nitrogens with one attached hydrogen (secondary N) is 3. The smallest absolute Gasteiger partial charge is 0.261 e. The van der Waals surface area contributed by atoms with E-state index >= 15 is 0 Å². The summed E-state index contributed by atoms with van der Waals surface area (Å²) in [5.74, 6) is 1.71. The lowest BCUT2D eigenvalue weighted by molar-refractivity contribution is 0.0957. The monoisotopic (exact) mass is 372 g/mol. The van der Waals surface area contributed by atoms with Gasteiger partial charge in [-0.2, -0.15) is 0 Å². The Morgan fingerprint density at radius 3 is 2.81 bits per heavy atom. The van der Waals surface area contributed by atoms with Gasteiger partial charge in [-0.25, -0.2) is 0 Å². The lowest BCUT2D eigenvalue weighted by Gasteiger charge is -2.15. The van der Waals surface area contributed by atoms with Gasteiger partial charge in [0.2, 0.25) is 0 Å². The SMILES string of the molecule is CN=C(NCCCNC(=O)c1cccs1)NCC1Cc2ccccc2O1. The van der Waals surface area contributed by atoms with Gasteiger partial charge < -0.3 is 20.7 Å². The van der Waals surface area contributed by atoms with Crippen LogP contribution in [0.25, 0.3) is 0 Å². The van der Waals surface area contributed by atoms with Crippen molar-refractivity contribution in [1.29, 1.82) is 0 Å². The van der Waals surface area contributed by atoms with Gasteiger partial charge in [0.15, 0.2) is 5.96 Å². The zero-order valence-electron chi connectivity index (χ0n) is 14.8. The maximum absolute atomic E-state index is 11.8. The third kappa shape index (κ3) is 4.98. The van der Waals surface area contributed by atoms with E-state index in [1.807, 2.05) is 35.7 Å². The first-order valence-corrected chi connectivity index (χ1v) is 9.65. The van der Waals surface area contributed by atoms with Crippen LogP contribution in [0.15, 0.2) is 46.8 Å². The molecule has 1 aliphatic rings. The average Bonchev–Trinajstić information content (AvgIpc) is 3.33. The second-order valence-electron chi connectivity index (χ2n) is 6.02. The molecule has 1 atom stereocenters. The number of benzene rings is 1. The molecule has 0 spiro atoms. The summed E-state index contributed by atoms with van der Waals surface area (Å²) < 4.78 is 5.91. The number of rotatable bonds is 7. The maximum atomic E-state index is 11.8. The van der Waals surface area contributed by atoms with Crippen molar-refractivity contribution < 1.29 is 9.53 Å². The van der Waals surface area contributed by atoms with Crippen molar-refractivity contribution in [3.63, 3.8) is 0 Å². The third-order valence-corrected chi connectivity index (χ3v) is 4.98. The van der Waals surface area contributed by atoms with E-state index in [4.69, 9.17) is 4.74 Å². The molecule has 26 heavy (non-hydrogen) atoms. The third-order valence-electron chi connectivity index (χ3n) is 4.11. The number of hydrogen-bond acceptors (Lipinski definition) is 4. The summed E-state index contributed by atoms with van der Waals surface area (Å²) in [5, 5.41) is 11.4. The van der Waals surface area contributed by atoms with Crippen LogP contribution in [0.5, 0.6) is 5.75 Å². The van der Waals surface area contributed by atoms with Crippen molar-refractivity contribution in [3.05, 3.63) is 52.2 Å². The van der Waals surface area contributed by atoms with E-state index in [0.29, 0.717) is 13.1 Å². The minimum absolute atomic E-state index is 0.0135. The first kappa shape index (κ1) is 18.3. The molecule has 1 aromatic carbocycles. The Kier molecular flexibility index (Phi) is 6.49. The summed E-state index contributed by atoms with van der Waals surface area (Å²) in [6.07, 6.45) is 1.86. The highest BCUT2D eigenvalue weighted by Gasteiger charge is 2.22. The van der Waals surface area contributed by atoms with Gasteiger partial charge in [0.05, 0.1) is 11.4 Å². The van der Waals surface area contributed by atoms with E-state index in [2.05, 4.69) is 27.0 Å². The molecule has 3 rings (SSSR count). The molecule has 0 saturated heterocycles. The summed E-state index contributed by atoms with van der Waals surface area (Å²) in [6, 6.07) is 11.8. The molecule has 6 nitrogen and oxygen atoms in total. The minimum Gasteiger partial charge on any atom is -0.488 e. The number of fused-ring (bicyclic) bond motifs is 1. The van der Waals surface area contributed by atoms with Crippen LogP contribution >= 0.6 is 11.3 Å². The van der Waals surface area contributed by atoms with Gasteiger partial charge in [-0.3, -0.25) is 9.79 Å². The van der Waals surface area contributed by atoms with Crippen molar-refractivity contribution in [1.82, 2.24) is 16.0 Å². The van der Waals surface area contributed by atoms with E-state index in [9.17, 15) is 4.79 Å². The number of thiophene rings is 1. The van der Waals surface area contributed by atoms with Crippen molar-refractivity contribution in [2.45, 2.75) is 18.9 Å². The summed E-state index contributed by atoms with van der Waals surface area (Å²) in [5.41, 5.74) is 1.25. The lowest BCUT2D eigenvalue weighted by atomic mass is 10.1. The maximum Gasteiger partial charge on any atom is 0.261 e. The zero-order valence-corrected chi connectivity index (χ0v) is 15.6. The van der Waals surface area contributed by atoms with Crippen molar-refractivity contribution >= 4 is 23.2 Å². The molecular weight excluding hydrogens is 348 g/mol. The van der Waals surface area contributed by atoms with Crippen LogP contribution in [0.1, 0.15) is 21.7 Å². The highest BCUT2D eigenvalue weighted by Crippen LogP contribution is 2.27. The molecule has 138 valence electrons. The molecule has 0 aliphatic carbocycles. The molecule has 0 saturated carbocycles. The molecular formula is C19H24N4O2S. The van der Waals surface area contributed by atoms with Crippen LogP contribution in [0.4, 0.5) is 0 Å². The van der Waals surface area contributed by atoms with Crippen LogP contribution < -0.4 is 20.7 Å². The summed E-state index contributed by atoms with van der Waals surface area (Å²) in [7, 11) is 1.75. The zero-order chi connectivity index (χ0) is 18.2. The van der Waals surface area contributed by atoms with Gasteiger partial charge >= 0.3 is 0 Å². The fourth-order valence-corrected chi connectivity index (χ4v) is 3.43. The highest BCUT2D eigenvalue weighted by molar-refractivity contribution is 7.12. The average molecular weight is 372 g/mol. The second kappa shape index (κ2) is 9.24. The van der Waals surface area contributed by atoms with E-state index in [1.165, 1.54) is 16.9 Å². The number of hydrogen-bond donors (Lipinski definition) is 3. The van der Waals surface area contributed by atoms with Crippen LogP contribution in [0.2, 0.25) is 0 Å². The molecule has 0 radical (unpaired) electrons. The molecule has 2 aromatic rings. The first-order valence-electron chi connectivity index (χ1n) is 8.77. The fourth-order valence-electron chi connectivity index (χ4n) is 2.79. The van der Waals surface area contributed by atoms with Crippen molar-refractivity contribution in [2.75, 3.05) is 26.7 Å². The highest BCUT2D eigenvalue weighted by atomic mass is 32.1. The second-order valence-corrected chi connectivity index (χ2v) is 6.97. The van der Waals surface area contributed by atoms with Crippen LogP contribution in [-0.2, 0) is 6.42 Å². The Balaban J connectivity index is 1.30. The standard InChI is InChI=1S/C19H24N4O2S/c1-20-19(22-10-5-9-21-18(24)17-8-4-11-26-17)23-13-15-12-14-6-2-3-7-16(14)25-15/h2-4,6-8,11,15H,5,9-10,12-13H2,1H3,(H,21,24)(H2,20,22,23). The lowest BCUT2D eigenvalue weighted by Crippen LogP contribution is -2.43. The molecule has 1 aromatic heterocycles. The molecule has 3 N–H and O–H groups in total. The Hall–Kier alpha value is -2.54. The number of amides is 1. The quantitative estimate of drug-likeness (QED) is 0.395. The van der Waals surface area contributed by atoms with Crippen molar-refractivity contribution in [2.24, 2.45) is 4.99 Å². The summed E-state index contributed by atoms with van der Waals surface area (Å²) in [4.78, 5) is 16.8. The van der Waals surface area contributed by atoms with Gasteiger partial charge in [0, 0.05) is 26.6 Å². The number of carbonyl (C=O) groups excluding carboxylic acids is 1. The van der Waals surface area contributed by atoms with Gasteiger partial charge in [-0.05, 0) is 29.5 Å². The molecule has 7 heteroatoms. The van der Waals surface area contributed by atoms with E-state index in [0.717, 1.165) is 36.0 Å². The van der Waals surface area contributed by atoms with E-state index < -0.39 is 0 Å². The van der Waals surface area contributed by atoms with E-state index in [1.54, 1.807) is 7.05 Å². The number of aliphatic imine (C=N–C) groups is 1. The number of nitrogens with zero attached hydrogens (tertiary/aromatic N) is 1. The fraction of sp³-hybridized carbons (Fsp3) is 0.368. The topological polar surface area (TPSA) is 74.8 Å². The predicted molar refractivity (Wildman–Crippen MR) is 105 cm³/mol. The normalized spacial score (nSPS) is 15.9. The van der Waals surface area contributed by atoms with Crippen LogP contribution in [0, 0.1) is 0 Å². The molecule has 0 fully saturated rings. The number of carbonyl (C=O) groups is 1. The molecule has 1 amide bonds. The van der Waals surface area contributed by atoms with E-state index in [-0.39, 0.29) is 12.0 Å². The Bertz CT molecular complexity index is 721. The van der Waals surface area contributed by atoms with Gasteiger partial charge in [0.25, 0.3) is 5.91 Å². The molecule has 1 unspecified atom stereocenters. The van der Waals surface area contributed by atoms with Crippen LogP contribution in [-0.4, -0.2) is 44.7 Å². The van der Waals surface area contributed by atoms with Gasteiger partial charge in [-0.15, -0.1) is 11.3 Å². The molecule has 1 aliphatic heterocycles. The Morgan fingerprint density at radius 1 is 1.19 bits per heavy atom. The molecule has 0 bridgehead atoms. The largest absolute Gasteiger partial charge is 0.488 e. The molecule has 2 heterocycles. The summed E-state index contributed by atoms with van der Waals surface area (Å²) in [6.45, 7) is 2.06.